The topological polar surface area (TPSA) is 62.9 Å². The summed E-state index contributed by atoms with van der Waals surface area (Å²) in [5.74, 6) is 0.589. The monoisotopic (exact) mass is 486 g/mol. The van der Waals surface area contributed by atoms with Crippen molar-refractivity contribution in [3.05, 3.63) is 35.4 Å². The molecule has 0 aromatic heterocycles. The fourth-order valence-corrected chi connectivity index (χ4v) is 4.20. The lowest BCUT2D eigenvalue weighted by Gasteiger charge is -2.28. The first-order chi connectivity index (χ1) is 12.7. The number of rotatable bonds is 7. The molecule has 1 heterocycles. The van der Waals surface area contributed by atoms with Gasteiger partial charge < -0.3 is 15.8 Å². The van der Waals surface area contributed by atoms with Gasteiger partial charge in [-0.15, -0.1) is 24.0 Å². The quantitative estimate of drug-likeness (QED) is 0.269. The van der Waals surface area contributed by atoms with Gasteiger partial charge >= 0.3 is 0 Å². The van der Waals surface area contributed by atoms with Gasteiger partial charge in [0.1, 0.15) is 0 Å². The highest BCUT2D eigenvalue weighted by molar-refractivity contribution is 14.0. The maximum atomic E-state index is 6.14. The van der Waals surface area contributed by atoms with E-state index in [1.165, 1.54) is 36.8 Å². The number of ether oxygens (including phenoxy) is 1. The molecule has 27 heavy (non-hydrogen) atoms. The van der Waals surface area contributed by atoms with Gasteiger partial charge in [-0.25, -0.2) is 0 Å². The molecule has 3 rings (SSSR count). The molecule has 3 N–H and O–H groups in total. The molecule has 1 saturated carbocycles. The third-order valence-corrected chi connectivity index (χ3v) is 5.80. The highest BCUT2D eigenvalue weighted by Gasteiger charge is 2.35. The van der Waals surface area contributed by atoms with E-state index in [2.05, 4.69) is 41.4 Å². The predicted octanol–water partition coefficient (Wildman–Crippen LogP) is 3.05. The minimum atomic E-state index is 0. The van der Waals surface area contributed by atoms with Crippen LogP contribution in [0.3, 0.4) is 0 Å². The van der Waals surface area contributed by atoms with Gasteiger partial charge in [-0.2, -0.15) is 0 Å². The average Bonchev–Trinajstić information content (AvgIpc) is 3.15. The van der Waals surface area contributed by atoms with E-state index in [1.807, 2.05) is 0 Å². The summed E-state index contributed by atoms with van der Waals surface area (Å²) in [7, 11) is 0. The fourth-order valence-electron chi connectivity index (χ4n) is 4.20. The van der Waals surface area contributed by atoms with Gasteiger partial charge in [-0.3, -0.25) is 9.89 Å². The van der Waals surface area contributed by atoms with Crippen molar-refractivity contribution in [1.29, 1.82) is 0 Å². The Morgan fingerprint density at radius 2 is 2.00 bits per heavy atom. The summed E-state index contributed by atoms with van der Waals surface area (Å²) in [6.07, 6.45) is 6.08. The SMILES string of the molecule is Cc1cccc(C2(CN=C(N)NCCCN3CCOCC3)CCCC2)c1.I. The number of hydrogen-bond donors (Lipinski definition) is 2. The highest BCUT2D eigenvalue weighted by atomic mass is 127. The van der Waals surface area contributed by atoms with Gasteiger partial charge in [-0.05, 0) is 38.3 Å². The van der Waals surface area contributed by atoms with E-state index in [0.717, 1.165) is 52.4 Å². The van der Waals surface area contributed by atoms with Crippen LogP contribution >= 0.6 is 24.0 Å². The molecule has 0 radical (unpaired) electrons. The third kappa shape index (κ3) is 6.61. The summed E-state index contributed by atoms with van der Waals surface area (Å²) < 4.78 is 5.38. The molecule has 1 aromatic rings. The van der Waals surface area contributed by atoms with Crippen LogP contribution in [0.25, 0.3) is 0 Å². The molecular formula is C21H35IN4O. The summed E-state index contributed by atoms with van der Waals surface area (Å²) in [6.45, 7) is 8.74. The Balaban J connectivity index is 0.00000261. The van der Waals surface area contributed by atoms with Crippen molar-refractivity contribution >= 4 is 29.9 Å². The maximum absolute atomic E-state index is 6.14. The van der Waals surface area contributed by atoms with E-state index >= 15 is 0 Å². The minimum Gasteiger partial charge on any atom is -0.379 e. The summed E-state index contributed by atoms with van der Waals surface area (Å²) in [6, 6.07) is 8.92. The van der Waals surface area contributed by atoms with E-state index in [4.69, 9.17) is 15.5 Å². The lowest BCUT2D eigenvalue weighted by Crippen LogP contribution is -2.39. The lowest BCUT2D eigenvalue weighted by molar-refractivity contribution is 0.0376. The van der Waals surface area contributed by atoms with E-state index in [0.29, 0.717) is 5.96 Å². The molecule has 0 unspecified atom stereocenters. The molecule has 0 atom stereocenters. The highest BCUT2D eigenvalue weighted by Crippen LogP contribution is 2.41. The van der Waals surface area contributed by atoms with E-state index in [9.17, 15) is 0 Å². The molecule has 0 amide bonds. The van der Waals surface area contributed by atoms with Crippen molar-refractivity contribution < 1.29 is 4.74 Å². The predicted molar refractivity (Wildman–Crippen MR) is 123 cm³/mol. The molecule has 2 aliphatic rings. The first-order valence-electron chi connectivity index (χ1n) is 10.1. The summed E-state index contributed by atoms with van der Waals surface area (Å²) >= 11 is 0. The van der Waals surface area contributed by atoms with Crippen LogP contribution in [0.15, 0.2) is 29.3 Å². The van der Waals surface area contributed by atoms with Crippen LogP contribution in [-0.4, -0.2) is 56.8 Å². The van der Waals surface area contributed by atoms with Crippen LogP contribution in [0.2, 0.25) is 0 Å². The standard InChI is InChI=1S/C21H34N4O.HI/c1-18-6-4-7-19(16-18)21(8-2-3-9-21)17-24-20(22)23-10-5-11-25-12-14-26-15-13-25;/h4,6-7,16H,2-3,5,8-15,17H2,1H3,(H3,22,23,24);1H. The van der Waals surface area contributed by atoms with Gasteiger partial charge in [0.15, 0.2) is 5.96 Å². The zero-order valence-electron chi connectivity index (χ0n) is 16.6. The van der Waals surface area contributed by atoms with Crippen molar-refractivity contribution in [3.8, 4) is 0 Å². The largest absolute Gasteiger partial charge is 0.379 e. The normalized spacial score (nSPS) is 20.3. The van der Waals surface area contributed by atoms with Gasteiger partial charge in [0.25, 0.3) is 0 Å². The van der Waals surface area contributed by atoms with Crippen molar-refractivity contribution in [2.45, 2.75) is 44.4 Å². The van der Waals surface area contributed by atoms with Crippen LogP contribution in [0.5, 0.6) is 0 Å². The van der Waals surface area contributed by atoms with Crippen LogP contribution in [0.4, 0.5) is 0 Å². The Bertz CT molecular complexity index is 596. The summed E-state index contributed by atoms with van der Waals surface area (Å²) in [5, 5.41) is 3.30. The molecule has 1 aliphatic carbocycles. The first kappa shape index (κ1) is 22.4. The van der Waals surface area contributed by atoms with Crippen LogP contribution in [0.1, 0.15) is 43.2 Å². The average molecular weight is 486 g/mol. The zero-order chi connectivity index (χ0) is 18.2. The molecule has 0 spiro atoms. The Morgan fingerprint density at radius 3 is 2.70 bits per heavy atom. The van der Waals surface area contributed by atoms with Gasteiger partial charge in [0.2, 0.25) is 0 Å². The third-order valence-electron chi connectivity index (χ3n) is 5.80. The number of aliphatic imine (C=N–C) groups is 1. The number of nitrogens with one attached hydrogen (secondary N) is 1. The second kappa shape index (κ2) is 11.2. The van der Waals surface area contributed by atoms with Crippen LogP contribution in [-0.2, 0) is 10.2 Å². The molecule has 2 fully saturated rings. The van der Waals surface area contributed by atoms with Crippen LogP contribution in [0, 0.1) is 6.92 Å². The number of nitrogens with zero attached hydrogens (tertiary/aromatic N) is 2. The Morgan fingerprint density at radius 1 is 1.26 bits per heavy atom. The number of hydrogen-bond acceptors (Lipinski definition) is 3. The molecule has 1 aliphatic heterocycles. The van der Waals surface area contributed by atoms with Crippen molar-refractivity contribution in [1.82, 2.24) is 10.2 Å². The fraction of sp³-hybridized carbons (Fsp3) is 0.667. The van der Waals surface area contributed by atoms with Crippen LogP contribution < -0.4 is 11.1 Å². The van der Waals surface area contributed by atoms with Crippen molar-refractivity contribution in [2.24, 2.45) is 10.7 Å². The van der Waals surface area contributed by atoms with Crippen molar-refractivity contribution in [2.75, 3.05) is 45.9 Å². The minimum absolute atomic E-state index is 0. The molecule has 1 saturated heterocycles. The van der Waals surface area contributed by atoms with E-state index in [-0.39, 0.29) is 29.4 Å². The number of halogens is 1. The first-order valence-corrected chi connectivity index (χ1v) is 10.1. The number of aryl methyl sites for hydroxylation is 1. The summed E-state index contributed by atoms with van der Waals surface area (Å²) in [5.41, 5.74) is 9.07. The smallest absolute Gasteiger partial charge is 0.188 e. The second-order valence-electron chi connectivity index (χ2n) is 7.79. The van der Waals surface area contributed by atoms with Gasteiger partial charge in [0.05, 0.1) is 19.8 Å². The number of guanidine groups is 1. The maximum Gasteiger partial charge on any atom is 0.188 e. The van der Waals surface area contributed by atoms with Gasteiger partial charge in [0, 0.05) is 25.0 Å². The number of nitrogens with two attached hydrogens (primary N) is 1. The lowest BCUT2D eigenvalue weighted by atomic mass is 9.78. The Hall–Kier alpha value is -0.860. The summed E-state index contributed by atoms with van der Waals surface area (Å²) in [4.78, 5) is 7.17. The second-order valence-corrected chi connectivity index (χ2v) is 7.79. The van der Waals surface area contributed by atoms with E-state index in [1.54, 1.807) is 0 Å². The Labute approximate surface area is 181 Å². The molecule has 1 aromatic carbocycles. The molecule has 152 valence electrons. The molecule has 5 nitrogen and oxygen atoms in total. The van der Waals surface area contributed by atoms with Crippen molar-refractivity contribution in [3.63, 3.8) is 0 Å². The number of morpholine rings is 1. The molecule has 6 heteroatoms. The van der Waals surface area contributed by atoms with E-state index < -0.39 is 0 Å². The molecule has 0 bridgehead atoms. The van der Waals surface area contributed by atoms with Gasteiger partial charge in [-0.1, -0.05) is 42.7 Å². The Kier molecular flexibility index (Phi) is 9.32. The molecular weight excluding hydrogens is 451 g/mol. The number of benzene rings is 1. The zero-order valence-corrected chi connectivity index (χ0v) is 18.9.